The summed E-state index contributed by atoms with van der Waals surface area (Å²) in [6, 6.07) is 8.16. The fraction of sp³-hybridized carbons (Fsp3) is 0.0667. The number of carbonyl (C=O) groups excluding carboxylic acids is 1. The molecule has 0 bridgehead atoms. The fourth-order valence-electron chi connectivity index (χ4n) is 1.58. The molecule has 1 aromatic carbocycles. The molecule has 1 N–H and O–H groups in total. The maximum Gasteiger partial charge on any atom is 0.189 e. The Balaban J connectivity index is 2.19. The van der Waals surface area contributed by atoms with E-state index in [-0.39, 0.29) is 17.1 Å². The summed E-state index contributed by atoms with van der Waals surface area (Å²) in [6.07, 6.45) is 6.38. The lowest BCUT2D eigenvalue weighted by Gasteiger charge is -2.03. The molecule has 2 rings (SSSR count). The zero-order valence-electron chi connectivity index (χ0n) is 10.4. The van der Waals surface area contributed by atoms with Crippen LogP contribution < -0.4 is 4.74 Å². The molecule has 1 aromatic heterocycles. The summed E-state index contributed by atoms with van der Waals surface area (Å²) in [5.74, 6) is 0.146. The standard InChI is InChI=1S/C15H13NO3/c1-19-12-3-4-13(15(18)10-12)14(17)5-2-11-6-8-16-9-7-11/h2-10,18H,1H3. The summed E-state index contributed by atoms with van der Waals surface area (Å²) in [6.45, 7) is 0. The number of benzene rings is 1. The second-order valence-electron chi connectivity index (χ2n) is 3.86. The van der Waals surface area contributed by atoms with Gasteiger partial charge < -0.3 is 9.84 Å². The van der Waals surface area contributed by atoms with Crippen LogP contribution in [0.5, 0.6) is 11.5 Å². The number of rotatable bonds is 4. The minimum Gasteiger partial charge on any atom is -0.507 e. The van der Waals surface area contributed by atoms with E-state index < -0.39 is 0 Å². The molecule has 0 spiro atoms. The molecule has 96 valence electrons. The normalized spacial score (nSPS) is 10.6. The molecule has 0 aliphatic carbocycles. The molecule has 4 nitrogen and oxygen atoms in total. The highest BCUT2D eigenvalue weighted by molar-refractivity contribution is 6.08. The average Bonchev–Trinajstić information content (AvgIpc) is 2.45. The number of hydrogen-bond donors (Lipinski definition) is 1. The van der Waals surface area contributed by atoms with Gasteiger partial charge in [0.2, 0.25) is 0 Å². The minimum absolute atomic E-state index is 0.0938. The SMILES string of the molecule is COc1ccc(C(=O)C=Cc2ccncc2)c(O)c1. The number of pyridine rings is 1. The van der Waals surface area contributed by atoms with Crippen molar-refractivity contribution in [2.24, 2.45) is 0 Å². The van der Waals surface area contributed by atoms with Crippen LogP contribution in [0.1, 0.15) is 15.9 Å². The zero-order valence-corrected chi connectivity index (χ0v) is 10.4. The van der Waals surface area contributed by atoms with Crippen molar-refractivity contribution in [1.82, 2.24) is 4.98 Å². The highest BCUT2D eigenvalue weighted by atomic mass is 16.5. The van der Waals surface area contributed by atoms with Gasteiger partial charge in [-0.3, -0.25) is 9.78 Å². The quantitative estimate of drug-likeness (QED) is 0.674. The van der Waals surface area contributed by atoms with Crippen LogP contribution in [0.15, 0.2) is 48.8 Å². The van der Waals surface area contributed by atoms with Gasteiger partial charge in [-0.05, 0) is 35.9 Å². The third kappa shape index (κ3) is 3.19. The first kappa shape index (κ1) is 12.8. The number of allylic oxidation sites excluding steroid dienone is 1. The van der Waals surface area contributed by atoms with Gasteiger partial charge in [0.1, 0.15) is 11.5 Å². The fourth-order valence-corrected chi connectivity index (χ4v) is 1.58. The number of ketones is 1. The highest BCUT2D eigenvalue weighted by Crippen LogP contribution is 2.24. The van der Waals surface area contributed by atoms with E-state index in [1.807, 2.05) is 0 Å². The third-order valence-corrected chi connectivity index (χ3v) is 2.60. The molecular weight excluding hydrogens is 242 g/mol. The van der Waals surface area contributed by atoms with Crippen molar-refractivity contribution in [2.45, 2.75) is 0 Å². The number of aromatic hydroxyl groups is 1. The van der Waals surface area contributed by atoms with Gasteiger partial charge >= 0.3 is 0 Å². The van der Waals surface area contributed by atoms with Crippen molar-refractivity contribution >= 4 is 11.9 Å². The lowest BCUT2D eigenvalue weighted by Crippen LogP contribution is -1.95. The Morgan fingerprint density at radius 1 is 1.26 bits per heavy atom. The average molecular weight is 255 g/mol. The third-order valence-electron chi connectivity index (χ3n) is 2.60. The number of phenolic OH excluding ortho intramolecular Hbond substituents is 1. The second kappa shape index (κ2) is 5.82. The predicted molar refractivity (Wildman–Crippen MR) is 72.3 cm³/mol. The Kier molecular flexibility index (Phi) is 3.93. The summed E-state index contributed by atoms with van der Waals surface area (Å²) in [4.78, 5) is 15.8. The topological polar surface area (TPSA) is 59.4 Å². The van der Waals surface area contributed by atoms with Crippen LogP contribution in [0.3, 0.4) is 0 Å². The molecule has 0 radical (unpaired) electrons. The smallest absolute Gasteiger partial charge is 0.189 e. The first-order valence-corrected chi connectivity index (χ1v) is 5.70. The van der Waals surface area contributed by atoms with E-state index in [1.165, 1.54) is 25.3 Å². The second-order valence-corrected chi connectivity index (χ2v) is 3.86. The summed E-state index contributed by atoms with van der Waals surface area (Å²) in [7, 11) is 1.50. The van der Waals surface area contributed by atoms with E-state index in [0.29, 0.717) is 5.75 Å². The zero-order chi connectivity index (χ0) is 13.7. The summed E-state index contributed by atoms with van der Waals surface area (Å²) < 4.78 is 4.96. The van der Waals surface area contributed by atoms with Crippen LogP contribution in [-0.2, 0) is 0 Å². The van der Waals surface area contributed by atoms with Gasteiger partial charge in [0.15, 0.2) is 5.78 Å². The molecule has 0 fully saturated rings. The highest BCUT2D eigenvalue weighted by Gasteiger charge is 2.08. The number of phenols is 1. The molecule has 0 amide bonds. The van der Waals surface area contributed by atoms with Crippen molar-refractivity contribution in [3.63, 3.8) is 0 Å². The number of nitrogens with zero attached hydrogens (tertiary/aromatic N) is 1. The maximum atomic E-state index is 11.9. The van der Waals surface area contributed by atoms with E-state index in [2.05, 4.69) is 4.98 Å². The Morgan fingerprint density at radius 3 is 2.63 bits per heavy atom. The van der Waals surface area contributed by atoms with Crippen molar-refractivity contribution in [3.05, 3.63) is 59.9 Å². The molecule has 0 aliphatic heterocycles. The van der Waals surface area contributed by atoms with Gasteiger partial charge in [-0.2, -0.15) is 0 Å². The first-order chi connectivity index (χ1) is 9.20. The van der Waals surface area contributed by atoms with Crippen LogP contribution in [0.25, 0.3) is 6.08 Å². The van der Waals surface area contributed by atoms with Crippen LogP contribution in [0, 0.1) is 0 Å². The molecule has 0 saturated heterocycles. The molecule has 19 heavy (non-hydrogen) atoms. The minimum atomic E-state index is -0.267. The Bertz CT molecular complexity index is 606. The van der Waals surface area contributed by atoms with Crippen LogP contribution in [0.2, 0.25) is 0 Å². The molecule has 4 heteroatoms. The van der Waals surface area contributed by atoms with Crippen molar-refractivity contribution < 1.29 is 14.6 Å². The van der Waals surface area contributed by atoms with Crippen LogP contribution in [-0.4, -0.2) is 23.0 Å². The molecule has 0 atom stereocenters. The lowest BCUT2D eigenvalue weighted by molar-refractivity contribution is 0.104. The van der Waals surface area contributed by atoms with Crippen molar-refractivity contribution in [2.75, 3.05) is 7.11 Å². The maximum absolute atomic E-state index is 11.9. The predicted octanol–water partition coefficient (Wildman–Crippen LogP) is 2.69. The Labute approximate surface area is 111 Å². The number of hydrogen-bond acceptors (Lipinski definition) is 4. The van der Waals surface area contributed by atoms with E-state index in [0.717, 1.165) is 5.56 Å². The van der Waals surface area contributed by atoms with E-state index in [1.54, 1.807) is 36.7 Å². The van der Waals surface area contributed by atoms with Gasteiger partial charge in [-0.15, -0.1) is 0 Å². The lowest BCUT2D eigenvalue weighted by atomic mass is 10.1. The number of carbonyl (C=O) groups is 1. The molecular formula is C15H13NO3. The molecule has 0 aliphatic rings. The van der Waals surface area contributed by atoms with Gasteiger partial charge in [0.25, 0.3) is 0 Å². The number of aromatic nitrogens is 1. The molecule has 0 unspecified atom stereocenters. The molecule has 1 heterocycles. The Hall–Kier alpha value is -2.62. The number of methoxy groups -OCH3 is 1. The van der Waals surface area contributed by atoms with Gasteiger partial charge in [-0.1, -0.05) is 6.08 Å². The van der Waals surface area contributed by atoms with Crippen molar-refractivity contribution in [1.29, 1.82) is 0 Å². The number of ether oxygens (including phenoxy) is 1. The molecule has 2 aromatic rings. The first-order valence-electron chi connectivity index (χ1n) is 5.70. The summed E-state index contributed by atoms with van der Waals surface area (Å²) in [5.41, 5.74) is 1.11. The molecule has 0 saturated carbocycles. The largest absolute Gasteiger partial charge is 0.507 e. The van der Waals surface area contributed by atoms with Crippen molar-refractivity contribution in [3.8, 4) is 11.5 Å². The van der Waals surface area contributed by atoms with E-state index in [9.17, 15) is 9.90 Å². The van der Waals surface area contributed by atoms with E-state index >= 15 is 0 Å². The van der Waals surface area contributed by atoms with E-state index in [4.69, 9.17) is 4.74 Å². The van der Waals surface area contributed by atoms with Gasteiger partial charge in [0, 0.05) is 18.5 Å². The summed E-state index contributed by atoms with van der Waals surface area (Å²) >= 11 is 0. The van der Waals surface area contributed by atoms with Crippen LogP contribution >= 0.6 is 0 Å². The van der Waals surface area contributed by atoms with Crippen LogP contribution in [0.4, 0.5) is 0 Å². The monoisotopic (exact) mass is 255 g/mol. The van der Waals surface area contributed by atoms with Gasteiger partial charge in [0.05, 0.1) is 12.7 Å². The van der Waals surface area contributed by atoms with Gasteiger partial charge in [-0.25, -0.2) is 0 Å². The summed E-state index contributed by atoms with van der Waals surface area (Å²) in [5, 5.41) is 9.75. The Morgan fingerprint density at radius 2 is 2.00 bits per heavy atom.